The highest BCUT2D eigenvalue weighted by Gasteiger charge is 2.36. The molecule has 0 saturated carbocycles. The number of unbranched alkanes of at least 4 members (excludes halogenated alkanes) is 5. The molecule has 1 aliphatic rings. The first-order chi connectivity index (χ1) is 15.5. The number of rotatable bonds is 10. The fourth-order valence-electron chi connectivity index (χ4n) is 3.41. The van der Waals surface area contributed by atoms with Gasteiger partial charge in [0.1, 0.15) is 11.3 Å². The van der Waals surface area contributed by atoms with E-state index in [9.17, 15) is 14.4 Å². The zero-order valence-electron chi connectivity index (χ0n) is 18.1. The van der Waals surface area contributed by atoms with Crippen LogP contribution < -0.4 is 15.0 Å². The van der Waals surface area contributed by atoms with E-state index >= 15 is 0 Å². The van der Waals surface area contributed by atoms with Gasteiger partial charge in [-0.1, -0.05) is 68.8 Å². The number of carbonyl (C=O) groups is 3. The van der Waals surface area contributed by atoms with Crippen molar-refractivity contribution in [3.8, 4) is 5.75 Å². The number of amides is 4. The number of benzene rings is 2. The SMILES string of the molecule is CCCCCCCCOc1ccc(C=C2C(=O)NC(=O)N(c3cccc(Cl)c3)C2=O)cc1. The van der Waals surface area contributed by atoms with E-state index in [4.69, 9.17) is 16.3 Å². The Kier molecular flexibility index (Phi) is 8.45. The van der Waals surface area contributed by atoms with Crippen LogP contribution in [0.25, 0.3) is 6.08 Å². The summed E-state index contributed by atoms with van der Waals surface area (Å²) in [5.74, 6) is -0.707. The van der Waals surface area contributed by atoms with Crippen molar-refractivity contribution in [2.24, 2.45) is 0 Å². The number of barbiturate groups is 1. The smallest absolute Gasteiger partial charge is 0.335 e. The average molecular weight is 455 g/mol. The first kappa shape index (κ1) is 23.5. The van der Waals surface area contributed by atoms with Crippen molar-refractivity contribution in [2.75, 3.05) is 11.5 Å². The minimum absolute atomic E-state index is 0.134. The van der Waals surface area contributed by atoms with Crippen molar-refractivity contribution in [1.82, 2.24) is 5.32 Å². The maximum atomic E-state index is 12.9. The van der Waals surface area contributed by atoms with Crippen LogP contribution in [0, 0.1) is 0 Å². The summed E-state index contributed by atoms with van der Waals surface area (Å²) in [6.45, 7) is 2.86. The van der Waals surface area contributed by atoms with Crippen molar-refractivity contribution in [3.63, 3.8) is 0 Å². The molecule has 0 unspecified atom stereocenters. The molecule has 32 heavy (non-hydrogen) atoms. The van der Waals surface area contributed by atoms with Crippen molar-refractivity contribution in [3.05, 3.63) is 64.7 Å². The molecule has 2 aromatic rings. The van der Waals surface area contributed by atoms with Gasteiger partial charge in [-0.15, -0.1) is 0 Å². The fourth-order valence-corrected chi connectivity index (χ4v) is 3.59. The molecule has 3 rings (SSSR count). The molecule has 1 N–H and O–H groups in total. The summed E-state index contributed by atoms with van der Waals surface area (Å²) in [5, 5.41) is 2.58. The van der Waals surface area contributed by atoms with Gasteiger partial charge in [0.2, 0.25) is 0 Å². The highest BCUT2D eigenvalue weighted by molar-refractivity contribution is 6.39. The Bertz CT molecular complexity index is 1000. The number of ether oxygens (including phenoxy) is 1. The topological polar surface area (TPSA) is 75.7 Å². The number of nitrogens with zero attached hydrogens (tertiary/aromatic N) is 1. The number of urea groups is 1. The molecule has 0 aliphatic carbocycles. The van der Waals surface area contributed by atoms with E-state index in [1.54, 1.807) is 42.5 Å². The summed E-state index contributed by atoms with van der Waals surface area (Å²) in [4.78, 5) is 38.4. The number of halogens is 1. The van der Waals surface area contributed by atoms with Crippen LogP contribution in [-0.4, -0.2) is 24.5 Å². The normalized spacial score (nSPS) is 15.2. The van der Waals surface area contributed by atoms with Gasteiger partial charge in [0, 0.05) is 5.02 Å². The first-order valence-electron chi connectivity index (χ1n) is 10.9. The lowest BCUT2D eigenvalue weighted by atomic mass is 10.1. The summed E-state index contributed by atoms with van der Waals surface area (Å²) >= 11 is 5.98. The van der Waals surface area contributed by atoms with E-state index in [1.165, 1.54) is 37.8 Å². The summed E-state index contributed by atoms with van der Waals surface area (Å²) in [5.41, 5.74) is 0.804. The lowest BCUT2D eigenvalue weighted by Gasteiger charge is -2.26. The maximum absolute atomic E-state index is 12.9. The van der Waals surface area contributed by atoms with Gasteiger partial charge in [0.05, 0.1) is 12.3 Å². The van der Waals surface area contributed by atoms with E-state index in [-0.39, 0.29) is 11.3 Å². The van der Waals surface area contributed by atoms with Crippen LogP contribution in [-0.2, 0) is 9.59 Å². The Morgan fingerprint density at radius 3 is 2.41 bits per heavy atom. The highest BCUT2D eigenvalue weighted by atomic mass is 35.5. The van der Waals surface area contributed by atoms with Gasteiger partial charge < -0.3 is 4.74 Å². The Morgan fingerprint density at radius 2 is 1.69 bits per heavy atom. The number of carbonyl (C=O) groups excluding carboxylic acids is 3. The van der Waals surface area contributed by atoms with Crippen LogP contribution in [0.1, 0.15) is 51.0 Å². The van der Waals surface area contributed by atoms with Crippen molar-refractivity contribution < 1.29 is 19.1 Å². The molecule has 2 aromatic carbocycles. The van der Waals surface area contributed by atoms with E-state index in [0.717, 1.165) is 23.5 Å². The average Bonchev–Trinajstić information content (AvgIpc) is 2.77. The molecule has 0 radical (unpaired) electrons. The number of nitrogens with one attached hydrogen (secondary N) is 1. The van der Waals surface area contributed by atoms with Crippen LogP contribution in [0.3, 0.4) is 0 Å². The van der Waals surface area contributed by atoms with Crippen LogP contribution in [0.2, 0.25) is 5.02 Å². The van der Waals surface area contributed by atoms with Gasteiger partial charge >= 0.3 is 6.03 Å². The maximum Gasteiger partial charge on any atom is 0.335 e. The number of hydrogen-bond acceptors (Lipinski definition) is 4. The molecule has 6 nitrogen and oxygen atoms in total. The summed E-state index contributed by atoms with van der Waals surface area (Å²) in [6.07, 6.45) is 8.64. The van der Waals surface area contributed by atoms with Gasteiger partial charge in [0.25, 0.3) is 11.8 Å². The summed E-state index contributed by atoms with van der Waals surface area (Å²) < 4.78 is 5.77. The second-order valence-corrected chi connectivity index (χ2v) is 8.06. The summed E-state index contributed by atoms with van der Waals surface area (Å²) in [7, 11) is 0. The third-order valence-corrected chi connectivity index (χ3v) is 5.36. The fraction of sp³-hybridized carbons (Fsp3) is 0.320. The van der Waals surface area contributed by atoms with Gasteiger partial charge in [-0.3, -0.25) is 14.9 Å². The molecule has 1 fully saturated rings. The molecular formula is C25H27ClN2O4. The van der Waals surface area contributed by atoms with E-state index in [2.05, 4.69) is 12.2 Å². The predicted octanol–water partition coefficient (Wildman–Crippen LogP) is 5.75. The Hall–Kier alpha value is -3.12. The second kappa shape index (κ2) is 11.5. The summed E-state index contributed by atoms with van der Waals surface area (Å²) in [6, 6.07) is 12.7. The highest BCUT2D eigenvalue weighted by Crippen LogP contribution is 2.25. The van der Waals surface area contributed by atoms with E-state index in [0.29, 0.717) is 17.2 Å². The van der Waals surface area contributed by atoms with Crippen molar-refractivity contribution in [2.45, 2.75) is 45.4 Å². The van der Waals surface area contributed by atoms with Gasteiger partial charge in [-0.25, -0.2) is 9.69 Å². The molecule has 0 aromatic heterocycles. The molecule has 1 saturated heterocycles. The second-order valence-electron chi connectivity index (χ2n) is 7.62. The molecular weight excluding hydrogens is 428 g/mol. The molecule has 0 spiro atoms. The van der Waals surface area contributed by atoms with Gasteiger partial charge in [-0.05, 0) is 48.4 Å². The van der Waals surface area contributed by atoms with Crippen LogP contribution >= 0.6 is 11.6 Å². The number of hydrogen-bond donors (Lipinski definition) is 1. The lowest BCUT2D eigenvalue weighted by Crippen LogP contribution is -2.54. The lowest BCUT2D eigenvalue weighted by molar-refractivity contribution is -0.122. The third-order valence-electron chi connectivity index (χ3n) is 5.13. The largest absolute Gasteiger partial charge is 0.494 e. The zero-order chi connectivity index (χ0) is 22.9. The van der Waals surface area contributed by atoms with E-state index in [1.807, 2.05) is 0 Å². The van der Waals surface area contributed by atoms with Crippen LogP contribution in [0.5, 0.6) is 5.75 Å². The Balaban J connectivity index is 1.64. The Labute approximate surface area is 193 Å². The van der Waals surface area contributed by atoms with Crippen molar-refractivity contribution in [1.29, 1.82) is 0 Å². The van der Waals surface area contributed by atoms with Crippen LogP contribution in [0.15, 0.2) is 54.1 Å². The number of anilines is 1. The van der Waals surface area contributed by atoms with Crippen LogP contribution in [0.4, 0.5) is 10.5 Å². The monoisotopic (exact) mass is 454 g/mol. The molecule has 4 amide bonds. The predicted molar refractivity (Wildman–Crippen MR) is 126 cm³/mol. The molecule has 0 atom stereocenters. The zero-order valence-corrected chi connectivity index (χ0v) is 18.9. The van der Waals surface area contributed by atoms with Gasteiger partial charge in [0.15, 0.2) is 0 Å². The molecule has 7 heteroatoms. The van der Waals surface area contributed by atoms with Crippen molar-refractivity contribution >= 4 is 41.2 Å². The minimum Gasteiger partial charge on any atom is -0.494 e. The Morgan fingerprint density at radius 1 is 0.969 bits per heavy atom. The molecule has 1 aliphatic heterocycles. The number of imide groups is 2. The molecule has 1 heterocycles. The minimum atomic E-state index is -0.808. The molecule has 0 bridgehead atoms. The standard InChI is InChI=1S/C25H27ClN2O4/c1-2-3-4-5-6-7-15-32-21-13-11-18(12-14-21)16-22-23(29)27-25(31)28(24(22)30)20-10-8-9-19(26)17-20/h8-14,16-17H,2-7,15H2,1H3,(H,27,29,31). The first-order valence-corrected chi connectivity index (χ1v) is 11.3. The van der Waals surface area contributed by atoms with Gasteiger partial charge in [-0.2, -0.15) is 0 Å². The quantitative estimate of drug-likeness (QED) is 0.282. The third kappa shape index (κ3) is 6.20. The van der Waals surface area contributed by atoms with E-state index < -0.39 is 17.8 Å². The molecule has 168 valence electrons.